The van der Waals surface area contributed by atoms with E-state index in [2.05, 4.69) is 24.3 Å². The standard InChI is InChI=1S/C25H18FNO3/c26-15-11-9-14(10-12-15)13-30-27-24(28)22-20-16-5-1-2-6-17(16)21(23(22)25(27)29)19-8-4-3-7-18(19)20/h1-12,20-23H,13H2/t20?,21?,22-,23-/m1/s1. The molecule has 0 N–H and O–H groups in total. The molecule has 0 radical (unpaired) electrons. The van der Waals surface area contributed by atoms with E-state index < -0.39 is 11.8 Å². The lowest BCUT2D eigenvalue weighted by atomic mass is 9.55. The van der Waals surface area contributed by atoms with Gasteiger partial charge in [0, 0.05) is 11.8 Å². The fourth-order valence-corrected chi connectivity index (χ4v) is 5.50. The molecule has 1 aliphatic heterocycles. The zero-order valence-electron chi connectivity index (χ0n) is 16.0. The average molecular weight is 399 g/mol. The molecular formula is C25H18FNO3. The van der Waals surface area contributed by atoms with Crippen molar-refractivity contribution in [3.8, 4) is 0 Å². The van der Waals surface area contributed by atoms with Gasteiger partial charge in [0.05, 0.1) is 11.8 Å². The number of nitrogens with zero attached hydrogens (tertiary/aromatic N) is 1. The van der Waals surface area contributed by atoms with Crippen molar-refractivity contribution in [3.05, 3.63) is 106 Å². The third kappa shape index (κ3) is 2.30. The van der Waals surface area contributed by atoms with E-state index in [1.807, 2.05) is 24.3 Å². The molecule has 0 saturated carbocycles. The zero-order chi connectivity index (χ0) is 20.4. The minimum atomic E-state index is -0.458. The number of imide groups is 1. The minimum Gasteiger partial charge on any atom is -0.272 e. The van der Waals surface area contributed by atoms with Gasteiger partial charge in [-0.25, -0.2) is 4.39 Å². The van der Waals surface area contributed by atoms with E-state index >= 15 is 0 Å². The second kappa shape index (κ2) is 6.34. The van der Waals surface area contributed by atoms with E-state index in [1.54, 1.807) is 12.1 Å². The molecule has 3 aliphatic carbocycles. The molecule has 4 aliphatic rings. The molecule has 148 valence electrons. The van der Waals surface area contributed by atoms with Gasteiger partial charge in [-0.3, -0.25) is 14.4 Å². The molecule has 1 fully saturated rings. The van der Waals surface area contributed by atoms with Crippen LogP contribution in [0.15, 0.2) is 72.8 Å². The highest BCUT2D eigenvalue weighted by atomic mass is 19.1. The monoisotopic (exact) mass is 399 g/mol. The summed E-state index contributed by atoms with van der Waals surface area (Å²) in [5, 5.41) is 0.955. The molecule has 2 bridgehead atoms. The van der Waals surface area contributed by atoms with Crippen molar-refractivity contribution in [3.63, 3.8) is 0 Å². The molecule has 2 atom stereocenters. The summed E-state index contributed by atoms with van der Waals surface area (Å²) in [4.78, 5) is 32.4. The van der Waals surface area contributed by atoms with E-state index in [4.69, 9.17) is 4.84 Å². The fourth-order valence-electron chi connectivity index (χ4n) is 5.50. The molecule has 1 saturated heterocycles. The first-order valence-corrected chi connectivity index (χ1v) is 10.1. The van der Waals surface area contributed by atoms with Crippen molar-refractivity contribution < 1.29 is 18.8 Å². The Labute approximate surface area is 172 Å². The van der Waals surface area contributed by atoms with Crippen LogP contribution in [0.2, 0.25) is 0 Å². The highest BCUT2D eigenvalue weighted by molar-refractivity contribution is 6.06. The molecule has 4 nitrogen and oxygen atoms in total. The van der Waals surface area contributed by atoms with Crippen LogP contribution < -0.4 is 0 Å². The molecule has 0 unspecified atom stereocenters. The number of carbonyl (C=O) groups excluding carboxylic acids is 2. The molecule has 2 amide bonds. The smallest absolute Gasteiger partial charge is 0.258 e. The molecule has 5 heteroatoms. The molecule has 3 aromatic carbocycles. The molecule has 3 aromatic rings. The Morgan fingerprint density at radius 2 is 1.13 bits per heavy atom. The molecule has 1 heterocycles. The third-order valence-electron chi connectivity index (χ3n) is 6.68. The van der Waals surface area contributed by atoms with Gasteiger partial charge in [0.25, 0.3) is 11.8 Å². The van der Waals surface area contributed by atoms with Gasteiger partial charge in [-0.1, -0.05) is 60.7 Å². The lowest BCUT2D eigenvalue weighted by molar-refractivity contribution is -0.193. The van der Waals surface area contributed by atoms with E-state index in [0.717, 1.165) is 27.3 Å². The van der Waals surface area contributed by atoms with E-state index in [9.17, 15) is 14.0 Å². The largest absolute Gasteiger partial charge is 0.272 e. The van der Waals surface area contributed by atoms with Crippen molar-refractivity contribution >= 4 is 11.8 Å². The van der Waals surface area contributed by atoms with Gasteiger partial charge in [-0.15, -0.1) is 0 Å². The van der Waals surface area contributed by atoms with Crippen LogP contribution in [0.25, 0.3) is 0 Å². The SMILES string of the molecule is O=C1[C@@H]2C3c4ccccc4C(c4ccccc43)[C@H]2C(=O)N1OCc1ccc(F)cc1. The van der Waals surface area contributed by atoms with Gasteiger partial charge in [0.1, 0.15) is 12.4 Å². The summed E-state index contributed by atoms with van der Waals surface area (Å²) in [5.41, 5.74) is 5.21. The van der Waals surface area contributed by atoms with Crippen LogP contribution in [-0.4, -0.2) is 16.9 Å². The first kappa shape index (κ1) is 17.5. The van der Waals surface area contributed by atoms with Crippen molar-refractivity contribution in [2.75, 3.05) is 0 Å². The minimum absolute atomic E-state index is 0.0342. The maximum atomic E-state index is 13.4. The molecule has 7 rings (SSSR count). The number of rotatable bonds is 3. The highest BCUT2D eigenvalue weighted by Crippen LogP contribution is 2.60. The zero-order valence-corrected chi connectivity index (χ0v) is 16.0. The second-order valence-corrected chi connectivity index (χ2v) is 8.14. The Bertz CT molecular complexity index is 1070. The van der Waals surface area contributed by atoms with E-state index in [-0.39, 0.29) is 36.1 Å². The van der Waals surface area contributed by atoms with Crippen LogP contribution in [0.3, 0.4) is 0 Å². The summed E-state index contributed by atoms with van der Waals surface area (Å²) in [7, 11) is 0. The van der Waals surface area contributed by atoms with Gasteiger partial charge in [0.2, 0.25) is 0 Å². The maximum Gasteiger partial charge on any atom is 0.258 e. The quantitative estimate of drug-likeness (QED) is 0.622. The number of hydroxylamine groups is 2. The van der Waals surface area contributed by atoms with E-state index in [0.29, 0.717) is 5.56 Å². The number of amides is 2. The highest BCUT2D eigenvalue weighted by Gasteiger charge is 2.62. The van der Waals surface area contributed by atoms with Gasteiger partial charge >= 0.3 is 0 Å². The van der Waals surface area contributed by atoms with Crippen LogP contribution in [0.1, 0.15) is 39.7 Å². The number of hydrogen-bond acceptors (Lipinski definition) is 3. The summed E-state index contributed by atoms with van der Waals surface area (Å²) in [6.07, 6.45) is 0. The summed E-state index contributed by atoms with van der Waals surface area (Å²) < 4.78 is 13.1. The maximum absolute atomic E-state index is 13.4. The first-order chi connectivity index (χ1) is 14.6. The van der Waals surface area contributed by atoms with Crippen molar-refractivity contribution in [1.29, 1.82) is 0 Å². The fraction of sp³-hybridized carbons (Fsp3) is 0.200. The molecular weight excluding hydrogens is 381 g/mol. The normalized spacial score (nSPS) is 25.8. The Kier molecular flexibility index (Phi) is 3.71. The van der Waals surface area contributed by atoms with Gasteiger partial charge < -0.3 is 0 Å². The summed E-state index contributed by atoms with van der Waals surface area (Å²) in [6.45, 7) is 0.0342. The third-order valence-corrected chi connectivity index (χ3v) is 6.68. The first-order valence-electron chi connectivity index (χ1n) is 10.1. The van der Waals surface area contributed by atoms with Crippen molar-refractivity contribution in [1.82, 2.24) is 5.06 Å². The van der Waals surface area contributed by atoms with Crippen LogP contribution in [0.5, 0.6) is 0 Å². The Morgan fingerprint density at radius 1 is 0.700 bits per heavy atom. The summed E-state index contributed by atoms with van der Waals surface area (Å²) >= 11 is 0. The van der Waals surface area contributed by atoms with Crippen LogP contribution in [-0.2, 0) is 21.0 Å². The summed E-state index contributed by atoms with van der Waals surface area (Å²) in [5.74, 6) is -2.13. The lowest BCUT2D eigenvalue weighted by Crippen LogP contribution is -2.41. The van der Waals surface area contributed by atoms with Crippen molar-refractivity contribution in [2.24, 2.45) is 11.8 Å². The van der Waals surface area contributed by atoms with E-state index in [1.165, 1.54) is 12.1 Å². The Morgan fingerprint density at radius 3 is 1.57 bits per heavy atom. The predicted molar refractivity (Wildman–Crippen MR) is 107 cm³/mol. The summed E-state index contributed by atoms with van der Waals surface area (Å²) in [6, 6.07) is 22.1. The Hall–Kier alpha value is -3.31. The van der Waals surface area contributed by atoms with Gasteiger partial charge in [-0.05, 0) is 39.9 Å². The second-order valence-electron chi connectivity index (χ2n) is 8.14. The number of halogens is 1. The molecule has 0 aromatic heterocycles. The number of carbonyl (C=O) groups is 2. The van der Waals surface area contributed by atoms with Crippen LogP contribution >= 0.6 is 0 Å². The average Bonchev–Trinajstić information content (AvgIpc) is 3.04. The topological polar surface area (TPSA) is 46.6 Å². The van der Waals surface area contributed by atoms with Gasteiger partial charge in [0.15, 0.2) is 0 Å². The molecule has 0 spiro atoms. The van der Waals surface area contributed by atoms with Gasteiger partial charge in [-0.2, -0.15) is 5.06 Å². The predicted octanol–water partition coefficient (Wildman–Crippen LogP) is 4.15. The molecule has 30 heavy (non-hydrogen) atoms. The van der Waals surface area contributed by atoms with Crippen LogP contribution in [0, 0.1) is 17.7 Å². The number of benzene rings is 3. The number of hydrogen-bond donors (Lipinski definition) is 0. The van der Waals surface area contributed by atoms with Crippen LogP contribution in [0.4, 0.5) is 4.39 Å². The lowest BCUT2D eigenvalue weighted by Gasteiger charge is -2.45. The van der Waals surface area contributed by atoms with Crippen molar-refractivity contribution in [2.45, 2.75) is 18.4 Å². The Balaban J connectivity index is 1.39.